The fraction of sp³-hybridized carbons (Fsp3) is 0.667. The molecule has 0 aliphatic carbocycles. The first kappa shape index (κ1) is 25.1. The molecule has 31 heavy (non-hydrogen) atoms. The molecule has 1 unspecified atom stereocenters. The lowest BCUT2D eigenvalue weighted by Crippen LogP contribution is -2.46. The summed E-state index contributed by atoms with van der Waals surface area (Å²) >= 11 is 0. The normalized spacial score (nSPS) is 18.2. The van der Waals surface area contributed by atoms with Crippen molar-refractivity contribution >= 4 is 12.6 Å². The lowest BCUT2D eigenvalue weighted by atomic mass is 10.0. The molecule has 1 amide bonds. The number of hydrogen-bond acceptors (Lipinski definition) is 6. The number of benzene rings is 1. The largest absolute Gasteiger partial charge is 0.491 e. The molecule has 0 radical (unpaired) electrons. The van der Waals surface area contributed by atoms with Crippen LogP contribution in [0.4, 0.5) is 0 Å². The Morgan fingerprint density at radius 1 is 1.26 bits per heavy atom. The van der Waals surface area contributed by atoms with E-state index in [1.165, 1.54) is 5.56 Å². The summed E-state index contributed by atoms with van der Waals surface area (Å²) in [6.45, 7) is 11.2. The van der Waals surface area contributed by atoms with Crippen LogP contribution in [0.25, 0.3) is 0 Å². The number of fused-ring (bicyclic) bond motifs is 1. The number of rotatable bonds is 10. The zero-order chi connectivity index (χ0) is 22.5. The SMILES string of the molecule is C=NOCCCN(C)CCOC1CCCCc2ccccc2OCCN(C(C)C)C1=O. The minimum atomic E-state index is -0.404. The van der Waals surface area contributed by atoms with Gasteiger partial charge in [0.1, 0.15) is 25.1 Å². The lowest BCUT2D eigenvalue weighted by Gasteiger charge is -2.31. The molecular formula is C24H39N3O4. The zero-order valence-corrected chi connectivity index (χ0v) is 19.4. The standard InChI is InChI=1S/C24H39N3O4/c1-20(2)27-16-19-29-22-12-7-5-10-21(22)11-6-8-13-23(24(27)28)30-18-15-26(4)14-9-17-31-25-3/h5,7,10,12,20,23H,3,6,8-9,11,13-19H2,1-2,4H3. The van der Waals surface area contributed by atoms with Crippen LogP contribution in [0.3, 0.4) is 0 Å². The molecular weight excluding hydrogens is 394 g/mol. The highest BCUT2D eigenvalue weighted by molar-refractivity contribution is 5.81. The summed E-state index contributed by atoms with van der Waals surface area (Å²) in [7, 11) is 2.04. The Bertz CT molecular complexity index is 668. The molecule has 0 bridgehead atoms. The van der Waals surface area contributed by atoms with E-state index in [0.29, 0.717) is 26.4 Å². The molecule has 1 aromatic carbocycles. The molecule has 174 valence electrons. The molecule has 1 atom stereocenters. The second-order valence-corrected chi connectivity index (χ2v) is 8.31. The molecule has 1 aromatic rings. The summed E-state index contributed by atoms with van der Waals surface area (Å²) < 4.78 is 12.1. The first-order chi connectivity index (χ1) is 15.0. The number of likely N-dealkylation sites (N-methyl/N-ethyl adjacent to an activating group) is 1. The molecule has 0 N–H and O–H groups in total. The Kier molecular flexibility index (Phi) is 11.4. The second-order valence-electron chi connectivity index (χ2n) is 8.31. The van der Waals surface area contributed by atoms with Crippen molar-refractivity contribution in [3.63, 3.8) is 0 Å². The van der Waals surface area contributed by atoms with E-state index in [1.54, 1.807) is 0 Å². The van der Waals surface area contributed by atoms with E-state index >= 15 is 0 Å². The molecule has 7 heteroatoms. The van der Waals surface area contributed by atoms with Gasteiger partial charge in [0.15, 0.2) is 0 Å². The van der Waals surface area contributed by atoms with Crippen LogP contribution in [-0.4, -0.2) is 81.1 Å². The first-order valence-electron chi connectivity index (χ1n) is 11.4. The number of nitrogens with zero attached hydrogens (tertiary/aromatic N) is 3. The van der Waals surface area contributed by atoms with Gasteiger partial charge in [0.25, 0.3) is 5.91 Å². The molecule has 0 saturated heterocycles. The van der Waals surface area contributed by atoms with Crippen LogP contribution in [-0.2, 0) is 20.8 Å². The summed E-state index contributed by atoms with van der Waals surface area (Å²) in [4.78, 5) is 22.2. The van der Waals surface area contributed by atoms with E-state index in [-0.39, 0.29) is 11.9 Å². The highest BCUT2D eigenvalue weighted by atomic mass is 16.6. The van der Waals surface area contributed by atoms with Gasteiger partial charge in [-0.05, 0) is 64.6 Å². The Hall–Kier alpha value is -2.12. The average Bonchev–Trinajstić information content (AvgIpc) is 2.75. The molecule has 0 aromatic heterocycles. The fourth-order valence-corrected chi connectivity index (χ4v) is 3.76. The number of aryl methyl sites for hydroxylation is 1. The molecule has 1 heterocycles. The van der Waals surface area contributed by atoms with E-state index in [9.17, 15) is 4.79 Å². The third-order valence-corrected chi connectivity index (χ3v) is 5.57. The zero-order valence-electron chi connectivity index (χ0n) is 19.4. The summed E-state index contributed by atoms with van der Waals surface area (Å²) in [5.74, 6) is 1.00. The molecule has 1 aliphatic heterocycles. The fourth-order valence-electron chi connectivity index (χ4n) is 3.76. The third kappa shape index (κ3) is 8.87. The molecule has 7 nitrogen and oxygen atoms in total. The number of carbonyl (C=O) groups excluding carboxylic acids is 1. The molecule has 0 saturated carbocycles. The van der Waals surface area contributed by atoms with Crippen LogP contribution in [0.2, 0.25) is 0 Å². The maximum absolute atomic E-state index is 13.3. The van der Waals surface area contributed by atoms with E-state index in [1.807, 2.05) is 37.9 Å². The van der Waals surface area contributed by atoms with Gasteiger partial charge in [0, 0.05) is 25.8 Å². The summed E-state index contributed by atoms with van der Waals surface area (Å²) in [6.07, 6.45) is 4.12. The van der Waals surface area contributed by atoms with Crippen molar-refractivity contribution in [2.75, 3.05) is 46.5 Å². The molecule has 0 fully saturated rings. The maximum atomic E-state index is 13.3. The van der Waals surface area contributed by atoms with Gasteiger partial charge < -0.3 is 24.1 Å². The van der Waals surface area contributed by atoms with Gasteiger partial charge in [0.2, 0.25) is 0 Å². The number of carbonyl (C=O) groups is 1. The van der Waals surface area contributed by atoms with Crippen molar-refractivity contribution < 1.29 is 19.1 Å². The van der Waals surface area contributed by atoms with Crippen molar-refractivity contribution in [2.24, 2.45) is 5.16 Å². The summed E-state index contributed by atoms with van der Waals surface area (Å²) in [5.41, 5.74) is 1.24. The van der Waals surface area contributed by atoms with E-state index in [2.05, 4.69) is 28.9 Å². The summed E-state index contributed by atoms with van der Waals surface area (Å²) in [6, 6.07) is 8.31. The van der Waals surface area contributed by atoms with Crippen molar-refractivity contribution in [2.45, 2.75) is 58.1 Å². The average molecular weight is 434 g/mol. The minimum Gasteiger partial charge on any atom is -0.491 e. The third-order valence-electron chi connectivity index (χ3n) is 5.57. The van der Waals surface area contributed by atoms with Gasteiger partial charge in [-0.15, -0.1) is 5.16 Å². The highest BCUT2D eigenvalue weighted by Gasteiger charge is 2.27. The van der Waals surface area contributed by atoms with E-state index < -0.39 is 6.10 Å². The van der Waals surface area contributed by atoms with Crippen molar-refractivity contribution in [1.29, 1.82) is 0 Å². The van der Waals surface area contributed by atoms with Crippen LogP contribution in [0.1, 0.15) is 45.1 Å². The van der Waals surface area contributed by atoms with Crippen molar-refractivity contribution in [3.8, 4) is 5.75 Å². The van der Waals surface area contributed by atoms with Crippen LogP contribution in [0, 0.1) is 0 Å². The molecule has 2 rings (SSSR count). The number of ether oxygens (including phenoxy) is 2. The van der Waals surface area contributed by atoms with E-state index in [4.69, 9.17) is 14.3 Å². The first-order valence-corrected chi connectivity index (χ1v) is 11.4. The Labute approximate surface area is 187 Å². The molecule has 1 aliphatic rings. The number of para-hydroxylation sites is 1. The van der Waals surface area contributed by atoms with E-state index in [0.717, 1.165) is 50.9 Å². The van der Waals surface area contributed by atoms with Gasteiger partial charge >= 0.3 is 0 Å². The van der Waals surface area contributed by atoms with Crippen LogP contribution >= 0.6 is 0 Å². The summed E-state index contributed by atoms with van der Waals surface area (Å²) in [5, 5.41) is 3.40. The van der Waals surface area contributed by atoms with Crippen LogP contribution in [0.15, 0.2) is 29.4 Å². The van der Waals surface area contributed by atoms with Crippen LogP contribution in [0.5, 0.6) is 5.75 Å². The predicted octanol–water partition coefficient (Wildman–Crippen LogP) is 3.37. The Morgan fingerprint density at radius 2 is 2.06 bits per heavy atom. The van der Waals surface area contributed by atoms with Gasteiger partial charge in [0.05, 0.1) is 13.2 Å². The highest BCUT2D eigenvalue weighted by Crippen LogP contribution is 2.22. The van der Waals surface area contributed by atoms with Crippen LogP contribution < -0.4 is 4.74 Å². The van der Waals surface area contributed by atoms with Gasteiger partial charge in [-0.3, -0.25) is 4.79 Å². The van der Waals surface area contributed by atoms with Gasteiger partial charge in [-0.2, -0.15) is 0 Å². The monoisotopic (exact) mass is 433 g/mol. The van der Waals surface area contributed by atoms with Crippen molar-refractivity contribution in [3.05, 3.63) is 29.8 Å². The number of amides is 1. The topological polar surface area (TPSA) is 63.6 Å². The Morgan fingerprint density at radius 3 is 2.84 bits per heavy atom. The number of hydrogen-bond donors (Lipinski definition) is 0. The smallest absolute Gasteiger partial charge is 0.252 e. The van der Waals surface area contributed by atoms with Gasteiger partial charge in [-0.1, -0.05) is 18.2 Å². The molecule has 0 spiro atoms. The predicted molar refractivity (Wildman–Crippen MR) is 124 cm³/mol. The number of oxime groups is 1. The van der Waals surface area contributed by atoms with Gasteiger partial charge in [-0.25, -0.2) is 0 Å². The van der Waals surface area contributed by atoms with Crippen molar-refractivity contribution in [1.82, 2.24) is 9.80 Å². The quantitative estimate of drug-likeness (QED) is 0.322. The lowest BCUT2D eigenvalue weighted by molar-refractivity contribution is -0.146. The Balaban J connectivity index is 1.93. The maximum Gasteiger partial charge on any atom is 0.252 e. The second kappa shape index (κ2) is 14.0. The minimum absolute atomic E-state index is 0.0700.